The van der Waals surface area contributed by atoms with Crippen molar-refractivity contribution in [3.63, 3.8) is 0 Å². The van der Waals surface area contributed by atoms with Gasteiger partial charge in [-0.05, 0) is 56.0 Å². The van der Waals surface area contributed by atoms with E-state index in [1.165, 1.54) is 49.6 Å². The Bertz CT molecular complexity index is 1050. The lowest BCUT2D eigenvalue weighted by Crippen LogP contribution is -2.45. The van der Waals surface area contributed by atoms with Crippen LogP contribution < -0.4 is 4.74 Å². The maximum Gasteiger partial charge on any atom is 0.328 e. The van der Waals surface area contributed by atoms with Crippen LogP contribution in [0.4, 0.5) is 5.69 Å². The third-order valence-electron chi connectivity index (χ3n) is 6.22. The number of hydrogen-bond donors (Lipinski definition) is 2. The highest BCUT2D eigenvalue weighted by Gasteiger charge is 2.26. The molecule has 9 heteroatoms. The molecule has 198 valence electrons. The molecule has 0 atom stereocenters. The summed E-state index contributed by atoms with van der Waals surface area (Å²) in [4.78, 5) is 29.1. The fourth-order valence-corrected chi connectivity index (χ4v) is 5.22. The van der Waals surface area contributed by atoms with Crippen molar-refractivity contribution in [2.75, 3.05) is 33.3 Å². The fraction of sp³-hybridized carbons (Fsp3) is 0.393. The van der Waals surface area contributed by atoms with E-state index in [0.29, 0.717) is 18.2 Å². The van der Waals surface area contributed by atoms with Gasteiger partial charge < -0.3 is 24.7 Å². The number of likely N-dealkylation sites (tertiary alicyclic amines) is 1. The van der Waals surface area contributed by atoms with Crippen LogP contribution >= 0.6 is 11.8 Å². The van der Waals surface area contributed by atoms with Crippen LogP contribution in [0.5, 0.6) is 5.75 Å². The largest absolute Gasteiger partial charge is 0.494 e. The highest BCUT2D eigenvalue weighted by Crippen LogP contribution is 2.32. The molecular weight excluding hydrogens is 490 g/mol. The van der Waals surface area contributed by atoms with E-state index in [4.69, 9.17) is 19.9 Å². The Hall–Kier alpha value is -3.30. The second kappa shape index (κ2) is 15.1. The summed E-state index contributed by atoms with van der Waals surface area (Å²) in [6, 6.07) is 19.2. The molecule has 1 saturated heterocycles. The zero-order valence-corrected chi connectivity index (χ0v) is 22.0. The van der Waals surface area contributed by atoms with E-state index >= 15 is 0 Å². The average molecular weight is 526 g/mol. The van der Waals surface area contributed by atoms with E-state index in [9.17, 15) is 9.59 Å². The number of carboxylic acids is 2. The predicted octanol–water partition coefficient (Wildman–Crippen LogP) is 4.89. The number of benzene rings is 2. The molecule has 1 fully saturated rings. The Morgan fingerprint density at radius 1 is 1.03 bits per heavy atom. The number of piperidine rings is 1. The first kappa shape index (κ1) is 28.3. The molecule has 0 radical (unpaired) electrons. The first-order valence-corrected chi connectivity index (χ1v) is 13.5. The van der Waals surface area contributed by atoms with E-state index in [1.807, 2.05) is 42.1 Å². The van der Waals surface area contributed by atoms with E-state index in [-0.39, 0.29) is 0 Å². The molecule has 2 N–H and O–H groups in total. The minimum atomic E-state index is -1.26. The number of para-hydroxylation sites is 2. The molecule has 2 aromatic carbocycles. The van der Waals surface area contributed by atoms with Crippen molar-refractivity contribution in [2.24, 2.45) is 4.99 Å². The fourth-order valence-electron chi connectivity index (χ4n) is 4.17. The third kappa shape index (κ3) is 9.93. The zero-order valence-electron chi connectivity index (χ0n) is 21.2. The monoisotopic (exact) mass is 525 g/mol. The molecule has 2 aliphatic heterocycles. The molecule has 4 rings (SSSR count). The number of carbonyl (C=O) groups is 2. The summed E-state index contributed by atoms with van der Waals surface area (Å²) in [6.07, 6.45) is 5.87. The molecule has 0 saturated carbocycles. The summed E-state index contributed by atoms with van der Waals surface area (Å²) < 4.78 is 5.80. The van der Waals surface area contributed by atoms with Crippen LogP contribution in [0.2, 0.25) is 0 Å². The number of hydrogen-bond acceptors (Lipinski definition) is 7. The van der Waals surface area contributed by atoms with Gasteiger partial charge in [0.05, 0.1) is 12.3 Å². The van der Waals surface area contributed by atoms with Gasteiger partial charge in [-0.15, -0.1) is 0 Å². The number of rotatable bonds is 9. The lowest BCUT2D eigenvalue weighted by atomic mass is 10.0. The second-order valence-electron chi connectivity index (χ2n) is 8.87. The number of unbranched alkanes of at least 4 members (excludes halogenated alkanes) is 1. The van der Waals surface area contributed by atoms with Crippen LogP contribution in [0.25, 0.3) is 0 Å². The first-order chi connectivity index (χ1) is 17.9. The summed E-state index contributed by atoms with van der Waals surface area (Å²) in [6.45, 7) is 4.35. The maximum absolute atomic E-state index is 9.55. The van der Waals surface area contributed by atoms with Gasteiger partial charge in [-0.1, -0.05) is 48.2 Å². The van der Waals surface area contributed by atoms with Crippen molar-refractivity contribution in [2.45, 2.75) is 37.5 Å². The lowest BCUT2D eigenvalue weighted by molar-refractivity contribution is -0.134. The molecule has 2 aliphatic rings. The number of carboxylic acid groups (broad SMARTS) is 2. The Kier molecular flexibility index (Phi) is 11.5. The molecule has 0 aromatic heterocycles. The van der Waals surface area contributed by atoms with E-state index in [0.717, 1.165) is 30.2 Å². The van der Waals surface area contributed by atoms with Crippen molar-refractivity contribution in [3.05, 3.63) is 72.3 Å². The number of fused-ring (bicyclic) bond motifs is 1. The number of aliphatic carboxylic acids is 2. The van der Waals surface area contributed by atoms with Gasteiger partial charge in [-0.3, -0.25) is 0 Å². The lowest BCUT2D eigenvalue weighted by Gasteiger charge is -2.38. The molecular formula is C28H35N3O5S. The summed E-state index contributed by atoms with van der Waals surface area (Å²) in [7, 11) is 2.22. The van der Waals surface area contributed by atoms with Crippen molar-refractivity contribution < 1.29 is 24.5 Å². The second-order valence-corrected chi connectivity index (χ2v) is 9.82. The van der Waals surface area contributed by atoms with Gasteiger partial charge in [0.15, 0.2) is 5.17 Å². The summed E-state index contributed by atoms with van der Waals surface area (Å²) in [5.41, 5.74) is 2.49. The Labute approximate surface area is 222 Å². The highest BCUT2D eigenvalue weighted by atomic mass is 32.2. The van der Waals surface area contributed by atoms with E-state index in [1.54, 1.807) is 0 Å². The number of ether oxygens (including phenoxy) is 1. The number of amidine groups is 1. The molecule has 2 heterocycles. The SMILES string of the molecule is CN(C1=Nc2ccccc2CS1)C1CCN(CCCCOc2ccccc2)CC1.O=C(O)/C=C\C(=O)O. The molecule has 8 nitrogen and oxygen atoms in total. The summed E-state index contributed by atoms with van der Waals surface area (Å²) in [5, 5.41) is 16.8. The predicted molar refractivity (Wildman–Crippen MR) is 148 cm³/mol. The zero-order chi connectivity index (χ0) is 26.5. The average Bonchev–Trinajstić information content (AvgIpc) is 2.92. The summed E-state index contributed by atoms with van der Waals surface area (Å²) in [5.74, 6) is -0.509. The molecule has 37 heavy (non-hydrogen) atoms. The van der Waals surface area contributed by atoms with E-state index in [2.05, 4.69) is 41.1 Å². The van der Waals surface area contributed by atoms with Crippen LogP contribution in [-0.4, -0.2) is 76.4 Å². The van der Waals surface area contributed by atoms with Crippen LogP contribution in [0, 0.1) is 0 Å². The maximum atomic E-state index is 9.55. The van der Waals surface area contributed by atoms with Gasteiger partial charge in [-0.2, -0.15) is 0 Å². The topological polar surface area (TPSA) is 103 Å². The van der Waals surface area contributed by atoms with Gasteiger partial charge >= 0.3 is 11.9 Å². The molecule has 2 aromatic rings. The Morgan fingerprint density at radius 3 is 2.35 bits per heavy atom. The van der Waals surface area contributed by atoms with Crippen LogP contribution in [0.15, 0.2) is 71.7 Å². The molecule has 0 spiro atoms. The number of aliphatic imine (C=N–C) groups is 1. The number of thioether (sulfide) groups is 1. The highest BCUT2D eigenvalue weighted by molar-refractivity contribution is 8.13. The number of nitrogens with zero attached hydrogens (tertiary/aromatic N) is 3. The van der Waals surface area contributed by atoms with Gasteiger partial charge in [0, 0.05) is 44.1 Å². The standard InChI is InChI=1S/C24H31N3OS.C4H4O4/c1-26(24-25-23-12-6-5-9-20(23)19-29-24)21-13-16-27(17-14-21)15-7-8-18-28-22-10-3-2-4-11-22;5-3(6)1-2-4(7)8/h2-6,9-12,21H,7-8,13-19H2,1H3;1-2H,(H,5,6)(H,7,8)/b;2-1-. The van der Waals surface area contributed by atoms with Gasteiger partial charge in [-0.25, -0.2) is 14.6 Å². The van der Waals surface area contributed by atoms with Crippen molar-refractivity contribution in [3.8, 4) is 5.75 Å². The van der Waals surface area contributed by atoms with E-state index < -0.39 is 11.9 Å². The normalized spacial score (nSPS) is 15.8. The molecule has 0 unspecified atom stereocenters. The molecule has 0 bridgehead atoms. The van der Waals surface area contributed by atoms with Gasteiger partial charge in [0.2, 0.25) is 0 Å². The van der Waals surface area contributed by atoms with Crippen LogP contribution in [0.1, 0.15) is 31.2 Å². The molecule has 0 aliphatic carbocycles. The van der Waals surface area contributed by atoms with Crippen molar-refractivity contribution in [1.29, 1.82) is 0 Å². The van der Waals surface area contributed by atoms with Crippen molar-refractivity contribution in [1.82, 2.24) is 9.80 Å². The minimum absolute atomic E-state index is 0.558. The van der Waals surface area contributed by atoms with Gasteiger partial charge in [0.1, 0.15) is 5.75 Å². The molecule has 0 amide bonds. The third-order valence-corrected chi connectivity index (χ3v) is 7.31. The minimum Gasteiger partial charge on any atom is -0.494 e. The quantitative estimate of drug-likeness (QED) is 0.353. The summed E-state index contributed by atoms with van der Waals surface area (Å²) >= 11 is 1.87. The van der Waals surface area contributed by atoms with Crippen LogP contribution in [-0.2, 0) is 15.3 Å². The van der Waals surface area contributed by atoms with Crippen LogP contribution in [0.3, 0.4) is 0 Å². The van der Waals surface area contributed by atoms with Gasteiger partial charge in [0.25, 0.3) is 0 Å². The Morgan fingerprint density at radius 2 is 1.68 bits per heavy atom. The van der Waals surface area contributed by atoms with Crippen molar-refractivity contribution >= 4 is 34.6 Å². The Balaban J connectivity index is 0.000000414. The smallest absolute Gasteiger partial charge is 0.328 e. The first-order valence-electron chi connectivity index (χ1n) is 12.5.